The van der Waals surface area contributed by atoms with Gasteiger partial charge in [0.1, 0.15) is 6.26 Å². The number of rotatable bonds is 7. The van der Waals surface area contributed by atoms with Crippen LogP contribution in [0.25, 0.3) is 0 Å². The maximum Gasteiger partial charge on any atom is 0.337 e. The van der Waals surface area contributed by atoms with E-state index in [9.17, 15) is 9.59 Å². The normalized spacial score (nSPS) is 10.8. The molecule has 0 aromatic carbocycles. The molecule has 0 fully saturated rings. The molecule has 0 radical (unpaired) electrons. The molecule has 90 valence electrons. The van der Waals surface area contributed by atoms with E-state index < -0.39 is 5.97 Å². The third-order valence-electron chi connectivity index (χ3n) is 1.69. The standard InChI is InChI=1S/C12H18O4/c1-4-7-10(12(14)15-6-3)9-16-11(13)8-5-2/h4,9H,1,5-8H2,2-3H3. The van der Waals surface area contributed by atoms with Gasteiger partial charge in [-0.15, -0.1) is 6.58 Å². The topological polar surface area (TPSA) is 52.6 Å². The second-order valence-electron chi connectivity index (χ2n) is 3.10. The molecule has 0 spiro atoms. The largest absolute Gasteiger partial charge is 0.463 e. The zero-order chi connectivity index (χ0) is 12.4. The van der Waals surface area contributed by atoms with Gasteiger partial charge in [-0.3, -0.25) is 4.79 Å². The van der Waals surface area contributed by atoms with Gasteiger partial charge in [-0.2, -0.15) is 0 Å². The molecule has 0 heterocycles. The molecule has 16 heavy (non-hydrogen) atoms. The predicted molar refractivity (Wildman–Crippen MR) is 60.5 cm³/mol. The van der Waals surface area contributed by atoms with Crippen LogP contribution in [0.5, 0.6) is 0 Å². The molecule has 0 aliphatic heterocycles. The highest BCUT2D eigenvalue weighted by molar-refractivity contribution is 5.88. The number of hydrogen-bond donors (Lipinski definition) is 0. The van der Waals surface area contributed by atoms with Gasteiger partial charge in [-0.25, -0.2) is 4.79 Å². The van der Waals surface area contributed by atoms with Gasteiger partial charge in [0.15, 0.2) is 0 Å². The fourth-order valence-electron chi connectivity index (χ4n) is 0.959. The summed E-state index contributed by atoms with van der Waals surface area (Å²) in [5.74, 6) is -0.833. The first-order valence-corrected chi connectivity index (χ1v) is 5.32. The van der Waals surface area contributed by atoms with E-state index in [-0.39, 0.29) is 12.6 Å². The summed E-state index contributed by atoms with van der Waals surface area (Å²) in [6.45, 7) is 7.40. The van der Waals surface area contributed by atoms with E-state index in [1.807, 2.05) is 6.92 Å². The van der Waals surface area contributed by atoms with Crippen molar-refractivity contribution in [1.82, 2.24) is 0 Å². The minimum atomic E-state index is -0.480. The van der Waals surface area contributed by atoms with Gasteiger partial charge < -0.3 is 9.47 Å². The van der Waals surface area contributed by atoms with Gasteiger partial charge in [-0.05, 0) is 13.3 Å². The molecule has 0 unspecified atom stereocenters. The van der Waals surface area contributed by atoms with Crippen molar-refractivity contribution >= 4 is 11.9 Å². The van der Waals surface area contributed by atoms with Gasteiger partial charge >= 0.3 is 11.9 Å². The summed E-state index contributed by atoms with van der Waals surface area (Å²) in [6.07, 6.45) is 4.07. The first-order valence-electron chi connectivity index (χ1n) is 5.32. The van der Waals surface area contributed by atoms with E-state index in [0.29, 0.717) is 24.8 Å². The lowest BCUT2D eigenvalue weighted by Gasteiger charge is -2.04. The van der Waals surface area contributed by atoms with Gasteiger partial charge in [-0.1, -0.05) is 13.0 Å². The fraction of sp³-hybridized carbons (Fsp3) is 0.500. The smallest absolute Gasteiger partial charge is 0.337 e. The molecule has 0 bridgehead atoms. The third-order valence-corrected chi connectivity index (χ3v) is 1.69. The molecule has 0 aromatic rings. The molecule has 0 rings (SSSR count). The Labute approximate surface area is 95.9 Å². The van der Waals surface area contributed by atoms with Crippen molar-refractivity contribution in [3.8, 4) is 0 Å². The lowest BCUT2D eigenvalue weighted by molar-refractivity contribution is -0.139. The van der Waals surface area contributed by atoms with Crippen molar-refractivity contribution < 1.29 is 19.1 Å². The molecule has 0 N–H and O–H groups in total. The first kappa shape index (κ1) is 14.4. The Bertz CT molecular complexity index is 279. The second kappa shape index (κ2) is 8.71. The summed E-state index contributed by atoms with van der Waals surface area (Å²) >= 11 is 0. The minimum Gasteiger partial charge on any atom is -0.463 e. The summed E-state index contributed by atoms with van der Waals surface area (Å²) in [5, 5.41) is 0. The van der Waals surface area contributed by atoms with Crippen LogP contribution in [0.3, 0.4) is 0 Å². The van der Waals surface area contributed by atoms with Crippen LogP contribution < -0.4 is 0 Å². The van der Waals surface area contributed by atoms with Crippen molar-refractivity contribution in [3.05, 3.63) is 24.5 Å². The Hall–Kier alpha value is -1.58. The summed E-state index contributed by atoms with van der Waals surface area (Å²) in [4.78, 5) is 22.5. The van der Waals surface area contributed by atoms with Crippen molar-refractivity contribution in [2.24, 2.45) is 0 Å². The molecule has 4 nitrogen and oxygen atoms in total. The lowest BCUT2D eigenvalue weighted by Crippen LogP contribution is -2.09. The summed E-state index contributed by atoms with van der Waals surface area (Å²) in [5.41, 5.74) is 0.293. The van der Waals surface area contributed by atoms with Gasteiger partial charge in [0.05, 0.1) is 12.2 Å². The van der Waals surface area contributed by atoms with Crippen molar-refractivity contribution in [3.63, 3.8) is 0 Å². The van der Waals surface area contributed by atoms with E-state index in [4.69, 9.17) is 9.47 Å². The number of carbonyl (C=O) groups excluding carboxylic acids is 2. The summed E-state index contributed by atoms with van der Waals surface area (Å²) in [6, 6.07) is 0. The van der Waals surface area contributed by atoms with E-state index in [2.05, 4.69) is 6.58 Å². The van der Waals surface area contributed by atoms with Crippen molar-refractivity contribution in [2.75, 3.05) is 6.61 Å². The van der Waals surface area contributed by atoms with E-state index in [0.717, 1.165) is 6.26 Å². The quantitative estimate of drug-likeness (QED) is 0.289. The van der Waals surface area contributed by atoms with Crippen LogP contribution in [0.4, 0.5) is 0 Å². The van der Waals surface area contributed by atoms with E-state index in [1.54, 1.807) is 13.0 Å². The van der Waals surface area contributed by atoms with Crippen molar-refractivity contribution in [1.29, 1.82) is 0 Å². The van der Waals surface area contributed by atoms with E-state index in [1.165, 1.54) is 0 Å². The Kier molecular flexibility index (Phi) is 7.85. The van der Waals surface area contributed by atoms with Crippen LogP contribution in [0.1, 0.15) is 33.1 Å². The molecule has 4 heteroatoms. The molecule has 0 aliphatic carbocycles. The Morgan fingerprint density at radius 3 is 2.50 bits per heavy atom. The Morgan fingerprint density at radius 2 is 2.00 bits per heavy atom. The highest BCUT2D eigenvalue weighted by Crippen LogP contribution is 2.06. The zero-order valence-electron chi connectivity index (χ0n) is 9.82. The number of carbonyl (C=O) groups is 2. The first-order chi connectivity index (χ1) is 7.65. The highest BCUT2D eigenvalue weighted by atomic mass is 16.5. The number of ether oxygens (including phenoxy) is 2. The molecular formula is C12H18O4. The van der Waals surface area contributed by atoms with Gasteiger partial charge in [0.2, 0.25) is 0 Å². The summed E-state index contributed by atoms with van der Waals surface area (Å²) < 4.78 is 9.62. The van der Waals surface area contributed by atoms with Gasteiger partial charge in [0.25, 0.3) is 0 Å². The minimum absolute atomic E-state index is 0.288. The highest BCUT2D eigenvalue weighted by Gasteiger charge is 2.10. The molecule has 0 atom stereocenters. The maximum absolute atomic E-state index is 11.4. The van der Waals surface area contributed by atoms with E-state index >= 15 is 0 Å². The molecule has 0 aromatic heterocycles. The number of allylic oxidation sites excluding steroid dienone is 1. The van der Waals surface area contributed by atoms with Crippen molar-refractivity contribution in [2.45, 2.75) is 33.1 Å². The number of hydrogen-bond acceptors (Lipinski definition) is 4. The molecule has 0 amide bonds. The summed E-state index contributed by atoms with van der Waals surface area (Å²) in [7, 11) is 0. The number of esters is 2. The van der Waals surface area contributed by atoms with Crippen LogP contribution in [0, 0.1) is 0 Å². The average molecular weight is 226 g/mol. The van der Waals surface area contributed by atoms with Crippen LogP contribution in [0.2, 0.25) is 0 Å². The van der Waals surface area contributed by atoms with Crippen LogP contribution in [0.15, 0.2) is 24.5 Å². The van der Waals surface area contributed by atoms with Crippen LogP contribution in [-0.4, -0.2) is 18.5 Å². The molecule has 0 saturated heterocycles. The Morgan fingerprint density at radius 1 is 1.31 bits per heavy atom. The fourth-order valence-corrected chi connectivity index (χ4v) is 0.959. The van der Waals surface area contributed by atoms with Crippen LogP contribution in [-0.2, 0) is 19.1 Å². The third kappa shape index (κ3) is 6.01. The molecular weight excluding hydrogens is 208 g/mol. The van der Waals surface area contributed by atoms with Gasteiger partial charge in [0, 0.05) is 12.8 Å². The van der Waals surface area contributed by atoms with Crippen LogP contribution >= 0.6 is 0 Å². The maximum atomic E-state index is 11.4. The molecule has 0 saturated carbocycles. The molecule has 0 aliphatic rings. The Balaban J connectivity index is 4.39. The zero-order valence-corrected chi connectivity index (χ0v) is 9.82. The lowest BCUT2D eigenvalue weighted by atomic mass is 10.2. The average Bonchev–Trinajstić information content (AvgIpc) is 2.24. The monoisotopic (exact) mass is 226 g/mol. The SMILES string of the molecule is C=CCC(=COC(=O)CCC)C(=O)OCC. The second-order valence-corrected chi connectivity index (χ2v) is 3.10. The predicted octanol–water partition coefficient (Wildman–Crippen LogP) is 2.35.